The second-order valence-electron chi connectivity index (χ2n) is 4.27. The summed E-state index contributed by atoms with van der Waals surface area (Å²) < 4.78 is 29.7. The van der Waals surface area contributed by atoms with Crippen molar-refractivity contribution >= 4 is 60.2 Å². The fourth-order valence-corrected chi connectivity index (χ4v) is 5.30. The van der Waals surface area contributed by atoms with Gasteiger partial charge in [-0.3, -0.25) is 9.52 Å². The second-order valence-corrected chi connectivity index (χ2v) is 8.89. The van der Waals surface area contributed by atoms with Crippen LogP contribution in [0.2, 0.25) is 4.34 Å². The van der Waals surface area contributed by atoms with Crippen molar-refractivity contribution in [3.8, 4) is 0 Å². The summed E-state index contributed by atoms with van der Waals surface area (Å²) in [6, 6.07) is 7.98. The number of rotatable bonds is 3. The molecule has 0 saturated carbocycles. The van der Waals surface area contributed by atoms with E-state index < -0.39 is 10.0 Å². The van der Waals surface area contributed by atoms with Gasteiger partial charge in [-0.05, 0) is 30.3 Å². The van der Waals surface area contributed by atoms with E-state index in [0.29, 0.717) is 10.0 Å². The van der Waals surface area contributed by atoms with Crippen LogP contribution in [0.5, 0.6) is 0 Å². The van der Waals surface area contributed by atoms with E-state index in [2.05, 4.69) is 4.72 Å². The third-order valence-electron chi connectivity index (χ3n) is 2.86. The van der Waals surface area contributed by atoms with Crippen molar-refractivity contribution in [2.24, 2.45) is 7.05 Å². The zero-order chi connectivity index (χ0) is 15.2. The number of aryl methyl sites for hydroxylation is 1. The summed E-state index contributed by atoms with van der Waals surface area (Å²) in [6.45, 7) is 0. The van der Waals surface area contributed by atoms with Crippen LogP contribution in [0.25, 0.3) is 10.2 Å². The summed E-state index contributed by atoms with van der Waals surface area (Å²) in [5.74, 6) is 0. The van der Waals surface area contributed by atoms with Crippen LogP contribution >= 0.6 is 34.3 Å². The molecule has 1 N–H and O–H groups in total. The molecule has 2 aromatic heterocycles. The maximum Gasteiger partial charge on any atom is 0.307 e. The molecule has 0 bridgehead atoms. The predicted molar refractivity (Wildman–Crippen MR) is 87.2 cm³/mol. The van der Waals surface area contributed by atoms with Crippen LogP contribution in [0.4, 0.5) is 5.69 Å². The van der Waals surface area contributed by atoms with Crippen molar-refractivity contribution in [1.29, 1.82) is 0 Å². The van der Waals surface area contributed by atoms with E-state index in [4.69, 9.17) is 11.6 Å². The van der Waals surface area contributed by atoms with Gasteiger partial charge in [-0.25, -0.2) is 8.42 Å². The highest BCUT2D eigenvalue weighted by molar-refractivity contribution is 7.94. The highest BCUT2D eigenvalue weighted by atomic mass is 35.5. The molecule has 2 heterocycles. The Morgan fingerprint density at radius 3 is 2.62 bits per heavy atom. The van der Waals surface area contributed by atoms with Gasteiger partial charge in [0, 0.05) is 7.05 Å². The standard InChI is InChI=1S/C12H9ClN2O3S3/c1-15-8-3-2-7(6-9(8)19-12(15)16)14-21(17,18)11-5-4-10(13)20-11/h2-6,14H,1H3. The van der Waals surface area contributed by atoms with Crippen LogP contribution in [0.15, 0.2) is 39.3 Å². The number of anilines is 1. The van der Waals surface area contributed by atoms with E-state index in [1.54, 1.807) is 25.2 Å². The lowest BCUT2D eigenvalue weighted by Crippen LogP contribution is -2.11. The lowest BCUT2D eigenvalue weighted by atomic mass is 10.3. The quantitative estimate of drug-likeness (QED) is 0.780. The molecule has 0 radical (unpaired) electrons. The lowest BCUT2D eigenvalue weighted by molar-refractivity contribution is 0.603. The number of hydrogen-bond acceptors (Lipinski definition) is 5. The SMILES string of the molecule is Cn1c(=O)sc2cc(NS(=O)(=O)c3ccc(Cl)s3)ccc21. The average Bonchev–Trinajstić information content (AvgIpc) is 2.95. The molecule has 0 unspecified atom stereocenters. The first-order valence-corrected chi connectivity index (χ1v) is 9.24. The fourth-order valence-electron chi connectivity index (χ4n) is 1.84. The number of thiophene rings is 1. The Morgan fingerprint density at radius 2 is 1.95 bits per heavy atom. The maximum absolute atomic E-state index is 12.2. The van der Waals surface area contributed by atoms with Crippen LogP contribution in [0, 0.1) is 0 Å². The number of nitrogens with one attached hydrogen (secondary N) is 1. The molecule has 110 valence electrons. The number of hydrogen-bond donors (Lipinski definition) is 1. The van der Waals surface area contributed by atoms with Gasteiger partial charge >= 0.3 is 4.87 Å². The molecule has 21 heavy (non-hydrogen) atoms. The second kappa shape index (κ2) is 5.13. The predicted octanol–water partition coefficient (Wildman–Crippen LogP) is 3.12. The molecular formula is C12H9ClN2O3S3. The molecule has 0 fully saturated rings. The fraction of sp³-hybridized carbons (Fsp3) is 0.0833. The molecule has 5 nitrogen and oxygen atoms in total. The van der Waals surface area contributed by atoms with Crippen molar-refractivity contribution in [3.63, 3.8) is 0 Å². The molecule has 1 aromatic carbocycles. The van der Waals surface area contributed by atoms with Crippen molar-refractivity contribution in [2.75, 3.05) is 4.72 Å². The smallest absolute Gasteiger partial charge is 0.302 e. The Bertz CT molecular complexity index is 985. The number of aromatic nitrogens is 1. The molecule has 9 heteroatoms. The average molecular weight is 361 g/mol. The molecular weight excluding hydrogens is 352 g/mol. The van der Waals surface area contributed by atoms with E-state index in [0.717, 1.165) is 32.9 Å². The Labute approximate surface area is 133 Å². The van der Waals surface area contributed by atoms with Crippen LogP contribution in [0.1, 0.15) is 0 Å². The number of thiazole rings is 1. The van der Waals surface area contributed by atoms with Gasteiger partial charge in [0.1, 0.15) is 4.21 Å². The number of nitrogens with zero attached hydrogens (tertiary/aromatic N) is 1. The lowest BCUT2D eigenvalue weighted by Gasteiger charge is -2.06. The minimum absolute atomic E-state index is 0.0879. The summed E-state index contributed by atoms with van der Waals surface area (Å²) in [7, 11) is -1.98. The largest absolute Gasteiger partial charge is 0.307 e. The third kappa shape index (κ3) is 2.71. The Balaban J connectivity index is 2.00. The van der Waals surface area contributed by atoms with Gasteiger partial charge in [0.25, 0.3) is 10.0 Å². The van der Waals surface area contributed by atoms with E-state index in [-0.39, 0.29) is 9.08 Å². The molecule has 0 spiro atoms. The first-order valence-electron chi connectivity index (χ1n) is 5.74. The highest BCUT2D eigenvalue weighted by Gasteiger charge is 2.17. The van der Waals surface area contributed by atoms with Crippen LogP contribution in [-0.2, 0) is 17.1 Å². The summed E-state index contributed by atoms with van der Waals surface area (Å²) in [5, 5.41) is 0. The number of fused-ring (bicyclic) bond motifs is 1. The van der Waals surface area contributed by atoms with Crippen molar-refractivity contribution in [3.05, 3.63) is 44.3 Å². The van der Waals surface area contributed by atoms with E-state index in [1.165, 1.54) is 16.7 Å². The summed E-state index contributed by atoms with van der Waals surface area (Å²) in [6.07, 6.45) is 0. The first-order chi connectivity index (χ1) is 9.87. The van der Waals surface area contributed by atoms with Crippen LogP contribution < -0.4 is 9.60 Å². The van der Waals surface area contributed by atoms with Crippen molar-refractivity contribution < 1.29 is 8.42 Å². The first kappa shape index (κ1) is 14.6. The van der Waals surface area contributed by atoms with Gasteiger partial charge in [0.15, 0.2) is 0 Å². The molecule has 0 aliphatic heterocycles. The summed E-state index contributed by atoms with van der Waals surface area (Å²) >= 11 is 7.82. The Morgan fingerprint density at radius 1 is 1.19 bits per heavy atom. The summed E-state index contributed by atoms with van der Waals surface area (Å²) in [5.41, 5.74) is 1.18. The van der Waals surface area contributed by atoms with Crippen LogP contribution in [0.3, 0.4) is 0 Å². The van der Waals surface area contributed by atoms with Gasteiger partial charge in [-0.2, -0.15) is 0 Å². The molecule has 0 saturated heterocycles. The zero-order valence-corrected chi connectivity index (χ0v) is 13.9. The number of benzene rings is 1. The molecule has 0 aliphatic carbocycles. The zero-order valence-electron chi connectivity index (χ0n) is 10.7. The van der Waals surface area contributed by atoms with Crippen molar-refractivity contribution in [2.45, 2.75) is 4.21 Å². The number of sulfonamides is 1. The van der Waals surface area contributed by atoms with Gasteiger partial charge < -0.3 is 4.57 Å². The van der Waals surface area contributed by atoms with Crippen molar-refractivity contribution in [1.82, 2.24) is 4.57 Å². The Hall–Kier alpha value is -1.35. The minimum atomic E-state index is -3.66. The third-order valence-corrected chi connectivity index (χ3v) is 6.96. The summed E-state index contributed by atoms with van der Waals surface area (Å²) in [4.78, 5) is 11.5. The number of halogens is 1. The van der Waals surface area contributed by atoms with E-state index in [1.807, 2.05) is 0 Å². The Kier molecular flexibility index (Phi) is 3.56. The monoisotopic (exact) mass is 360 g/mol. The molecule has 0 amide bonds. The molecule has 3 rings (SSSR count). The van der Waals surface area contributed by atoms with Gasteiger partial charge in [-0.15, -0.1) is 11.3 Å². The van der Waals surface area contributed by atoms with Crippen LogP contribution in [-0.4, -0.2) is 13.0 Å². The topological polar surface area (TPSA) is 68.2 Å². The van der Waals surface area contributed by atoms with Gasteiger partial charge in [-0.1, -0.05) is 22.9 Å². The normalized spacial score (nSPS) is 11.9. The maximum atomic E-state index is 12.2. The van der Waals surface area contributed by atoms with E-state index >= 15 is 0 Å². The molecule has 3 aromatic rings. The van der Waals surface area contributed by atoms with Gasteiger partial charge in [0.05, 0.1) is 20.2 Å². The molecule has 0 atom stereocenters. The van der Waals surface area contributed by atoms with E-state index in [9.17, 15) is 13.2 Å². The highest BCUT2D eigenvalue weighted by Crippen LogP contribution is 2.28. The van der Waals surface area contributed by atoms with Gasteiger partial charge in [0.2, 0.25) is 0 Å². The molecule has 0 aliphatic rings. The minimum Gasteiger partial charge on any atom is -0.302 e.